The van der Waals surface area contributed by atoms with E-state index < -0.39 is 0 Å². The molecule has 0 N–H and O–H groups in total. The Hall–Kier alpha value is -2.04. The summed E-state index contributed by atoms with van der Waals surface area (Å²) in [7, 11) is 1.63. The number of hydrogen-bond donors (Lipinski definition) is 0. The van der Waals surface area contributed by atoms with Crippen molar-refractivity contribution in [3.63, 3.8) is 0 Å². The summed E-state index contributed by atoms with van der Waals surface area (Å²) < 4.78 is 5.48. The third kappa shape index (κ3) is 2.30. The third-order valence-corrected chi connectivity index (χ3v) is 2.85. The van der Waals surface area contributed by atoms with Gasteiger partial charge in [-0.05, 0) is 19.1 Å². The number of amides is 2. The van der Waals surface area contributed by atoms with Crippen LogP contribution in [0.3, 0.4) is 0 Å². The van der Waals surface area contributed by atoms with Gasteiger partial charge in [0, 0.05) is 7.05 Å². The summed E-state index contributed by atoms with van der Waals surface area (Å²) >= 11 is 0. The normalized spacial score (nSPS) is 16.1. The van der Waals surface area contributed by atoms with Gasteiger partial charge in [0.1, 0.15) is 12.3 Å². The van der Waals surface area contributed by atoms with Crippen molar-refractivity contribution >= 4 is 17.5 Å². The molecule has 0 spiro atoms. The number of benzene rings is 1. The quantitative estimate of drug-likeness (QED) is 0.798. The Morgan fingerprint density at radius 3 is 2.61 bits per heavy atom. The van der Waals surface area contributed by atoms with Gasteiger partial charge in [-0.25, -0.2) is 0 Å². The van der Waals surface area contributed by atoms with Crippen LogP contribution < -0.4 is 9.64 Å². The first-order chi connectivity index (χ1) is 8.63. The highest BCUT2D eigenvalue weighted by Gasteiger charge is 2.29. The van der Waals surface area contributed by atoms with Crippen molar-refractivity contribution in [3.05, 3.63) is 24.3 Å². The molecule has 0 aliphatic carbocycles. The molecule has 1 fully saturated rings. The van der Waals surface area contributed by atoms with E-state index in [4.69, 9.17) is 4.74 Å². The van der Waals surface area contributed by atoms with E-state index in [0.29, 0.717) is 18.0 Å². The molecule has 1 heterocycles. The second kappa shape index (κ2) is 5.08. The molecule has 1 aromatic rings. The van der Waals surface area contributed by atoms with Crippen LogP contribution in [0.1, 0.15) is 6.92 Å². The number of likely N-dealkylation sites (N-methyl/N-ethyl adjacent to an activating group) is 1. The highest BCUT2D eigenvalue weighted by atomic mass is 16.5. The summed E-state index contributed by atoms with van der Waals surface area (Å²) in [5, 5.41) is 0. The molecule has 1 aliphatic rings. The van der Waals surface area contributed by atoms with Crippen molar-refractivity contribution in [2.75, 3.05) is 31.6 Å². The second-order valence-electron chi connectivity index (χ2n) is 4.13. The van der Waals surface area contributed by atoms with Gasteiger partial charge < -0.3 is 9.64 Å². The van der Waals surface area contributed by atoms with E-state index in [-0.39, 0.29) is 24.9 Å². The summed E-state index contributed by atoms with van der Waals surface area (Å²) in [6.07, 6.45) is 0. The van der Waals surface area contributed by atoms with Gasteiger partial charge in [-0.3, -0.25) is 14.5 Å². The Morgan fingerprint density at radius 1 is 1.17 bits per heavy atom. The summed E-state index contributed by atoms with van der Waals surface area (Å²) in [5.41, 5.74) is 0.658. The van der Waals surface area contributed by atoms with Gasteiger partial charge in [0.2, 0.25) is 11.8 Å². The Bertz CT molecular complexity index is 473. The number of ether oxygens (including phenoxy) is 1. The van der Waals surface area contributed by atoms with Crippen LogP contribution in [0.25, 0.3) is 0 Å². The summed E-state index contributed by atoms with van der Waals surface area (Å²) in [5.74, 6) is 0.468. The minimum atomic E-state index is -0.0933. The summed E-state index contributed by atoms with van der Waals surface area (Å²) in [6.45, 7) is 2.58. The molecule has 0 unspecified atom stereocenters. The van der Waals surface area contributed by atoms with Crippen LogP contribution in [-0.4, -0.2) is 43.5 Å². The van der Waals surface area contributed by atoms with Gasteiger partial charge in [-0.15, -0.1) is 0 Å². The van der Waals surface area contributed by atoms with E-state index in [0.717, 1.165) is 0 Å². The fourth-order valence-electron chi connectivity index (χ4n) is 1.90. The number of carbonyl (C=O) groups excluding carboxylic acids is 2. The SMILES string of the molecule is CCOc1ccccc1N1CC(=O)N(C)CC1=O. The molecule has 0 bridgehead atoms. The number of anilines is 1. The van der Waals surface area contributed by atoms with Crippen LogP contribution in [-0.2, 0) is 9.59 Å². The molecule has 0 aromatic heterocycles. The lowest BCUT2D eigenvalue weighted by Gasteiger charge is -2.32. The fourth-order valence-corrected chi connectivity index (χ4v) is 1.90. The Balaban J connectivity index is 2.30. The van der Waals surface area contributed by atoms with Crippen LogP contribution in [0.2, 0.25) is 0 Å². The van der Waals surface area contributed by atoms with Crippen molar-refractivity contribution in [1.82, 2.24) is 4.90 Å². The zero-order chi connectivity index (χ0) is 13.1. The van der Waals surface area contributed by atoms with Crippen LogP contribution in [0, 0.1) is 0 Å². The average Bonchev–Trinajstić information content (AvgIpc) is 2.35. The van der Waals surface area contributed by atoms with Gasteiger partial charge in [-0.2, -0.15) is 0 Å². The lowest BCUT2D eigenvalue weighted by molar-refractivity contribution is -0.136. The van der Waals surface area contributed by atoms with Crippen LogP contribution >= 0.6 is 0 Å². The summed E-state index contributed by atoms with van der Waals surface area (Å²) in [4.78, 5) is 26.6. The number of hydrogen-bond acceptors (Lipinski definition) is 3. The number of carbonyl (C=O) groups is 2. The van der Waals surface area contributed by atoms with Crippen molar-refractivity contribution in [3.8, 4) is 5.75 Å². The van der Waals surface area contributed by atoms with E-state index >= 15 is 0 Å². The van der Waals surface area contributed by atoms with Crippen molar-refractivity contribution in [2.24, 2.45) is 0 Å². The molecule has 5 nitrogen and oxygen atoms in total. The van der Waals surface area contributed by atoms with Gasteiger partial charge in [0.15, 0.2) is 0 Å². The molecule has 1 saturated heterocycles. The minimum absolute atomic E-state index is 0.0686. The fraction of sp³-hybridized carbons (Fsp3) is 0.385. The Labute approximate surface area is 106 Å². The largest absolute Gasteiger partial charge is 0.492 e. The molecule has 96 valence electrons. The number of piperazine rings is 1. The molecule has 5 heteroatoms. The lowest BCUT2D eigenvalue weighted by atomic mass is 10.2. The zero-order valence-corrected chi connectivity index (χ0v) is 10.5. The van der Waals surface area contributed by atoms with E-state index in [1.54, 1.807) is 19.2 Å². The predicted octanol–water partition coefficient (Wildman–Crippen LogP) is 0.890. The maximum atomic E-state index is 12.0. The van der Waals surface area contributed by atoms with E-state index in [9.17, 15) is 9.59 Å². The molecule has 18 heavy (non-hydrogen) atoms. The van der Waals surface area contributed by atoms with Gasteiger partial charge >= 0.3 is 0 Å². The van der Waals surface area contributed by atoms with E-state index in [1.165, 1.54) is 9.80 Å². The maximum Gasteiger partial charge on any atom is 0.247 e. The lowest BCUT2D eigenvalue weighted by Crippen LogP contribution is -2.52. The van der Waals surface area contributed by atoms with Crippen LogP contribution in [0.4, 0.5) is 5.69 Å². The second-order valence-corrected chi connectivity index (χ2v) is 4.13. The van der Waals surface area contributed by atoms with Crippen LogP contribution in [0.5, 0.6) is 5.75 Å². The van der Waals surface area contributed by atoms with Crippen LogP contribution in [0.15, 0.2) is 24.3 Å². The molecule has 0 radical (unpaired) electrons. The van der Waals surface area contributed by atoms with Gasteiger partial charge in [-0.1, -0.05) is 12.1 Å². The van der Waals surface area contributed by atoms with E-state index in [1.807, 2.05) is 19.1 Å². The smallest absolute Gasteiger partial charge is 0.247 e. The van der Waals surface area contributed by atoms with Gasteiger partial charge in [0.25, 0.3) is 0 Å². The van der Waals surface area contributed by atoms with Gasteiger partial charge in [0.05, 0.1) is 18.8 Å². The monoisotopic (exact) mass is 248 g/mol. The summed E-state index contributed by atoms with van der Waals surface area (Å²) in [6, 6.07) is 7.27. The first-order valence-electron chi connectivity index (χ1n) is 5.89. The molecule has 2 rings (SSSR count). The predicted molar refractivity (Wildman–Crippen MR) is 67.6 cm³/mol. The molecule has 1 aliphatic heterocycles. The minimum Gasteiger partial charge on any atom is -0.492 e. The Kier molecular flexibility index (Phi) is 3.50. The first kappa shape index (κ1) is 12.4. The average molecular weight is 248 g/mol. The molecule has 1 aromatic carbocycles. The highest BCUT2D eigenvalue weighted by molar-refractivity contribution is 6.05. The Morgan fingerprint density at radius 2 is 1.89 bits per heavy atom. The standard InChI is InChI=1S/C13H16N2O3/c1-3-18-11-7-5-4-6-10(11)15-9-12(16)14(2)8-13(15)17/h4-7H,3,8-9H2,1-2H3. The first-order valence-corrected chi connectivity index (χ1v) is 5.89. The number of para-hydroxylation sites is 2. The molecular formula is C13H16N2O3. The van der Waals surface area contributed by atoms with Crippen molar-refractivity contribution in [1.29, 1.82) is 0 Å². The maximum absolute atomic E-state index is 12.0. The molecule has 2 amide bonds. The topological polar surface area (TPSA) is 49.9 Å². The molecular weight excluding hydrogens is 232 g/mol. The van der Waals surface area contributed by atoms with E-state index in [2.05, 4.69) is 0 Å². The molecule has 0 atom stereocenters. The van der Waals surface area contributed by atoms with Crippen molar-refractivity contribution < 1.29 is 14.3 Å². The van der Waals surface area contributed by atoms with Crippen molar-refractivity contribution in [2.45, 2.75) is 6.92 Å². The number of nitrogens with zero attached hydrogens (tertiary/aromatic N) is 2. The third-order valence-electron chi connectivity index (χ3n) is 2.85. The zero-order valence-electron chi connectivity index (χ0n) is 10.5. The number of rotatable bonds is 3. The molecule has 0 saturated carbocycles. The highest BCUT2D eigenvalue weighted by Crippen LogP contribution is 2.29.